The average Bonchev–Trinajstić information content (AvgIpc) is 2.43. The fraction of sp³-hybridized carbons (Fsp3) is 0.917. The van der Waals surface area contributed by atoms with Gasteiger partial charge in [0.1, 0.15) is 0 Å². The summed E-state index contributed by atoms with van der Waals surface area (Å²) in [6.07, 6.45) is 6.48. The Morgan fingerprint density at radius 2 is 1.93 bits per heavy atom. The number of carbonyl (C=O) groups is 1. The molecule has 0 bridgehead atoms. The van der Waals surface area contributed by atoms with E-state index in [4.69, 9.17) is 0 Å². The van der Waals surface area contributed by atoms with E-state index in [1.165, 1.54) is 32.1 Å². The van der Waals surface area contributed by atoms with Crippen molar-refractivity contribution in [1.82, 2.24) is 10.6 Å². The molecule has 0 heterocycles. The molecule has 1 fully saturated rings. The maximum atomic E-state index is 11.4. The van der Waals surface area contributed by atoms with Crippen molar-refractivity contribution in [3.05, 3.63) is 0 Å². The van der Waals surface area contributed by atoms with E-state index in [-0.39, 0.29) is 11.9 Å². The second kappa shape index (κ2) is 6.11. The molecule has 3 nitrogen and oxygen atoms in total. The van der Waals surface area contributed by atoms with Crippen molar-refractivity contribution in [2.45, 2.75) is 58.0 Å². The third kappa shape index (κ3) is 3.82. The number of nitrogens with one attached hydrogen (secondary N) is 2. The lowest BCUT2D eigenvalue weighted by Gasteiger charge is -2.26. The van der Waals surface area contributed by atoms with E-state index >= 15 is 0 Å². The van der Waals surface area contributed by atoms with Gasteiger partial charge in [0, 0.05) is 13.1 Å². The first kappa shape index (κ1) is 12.5. The third-order valence-electron chi connectivity index (χ3n) is 3.47. The molecule has 0 aliphatic heterocycles. The van der Waals surface area contributed by atoms with Crippen molar-refractivity contribution in [3.63, 3.8) is 0 Å². The standard InChI is InChI=1S/C12H24N2O/c1-9-7-5-4-6-8-11(9)14-10(2)12(15)13-3/h9-11,14H,4-8H2,1-3H3,(H,13,15). The van der Waals surface area contributed by atoms with Gasteiger partial charge in [-0.2, -0.15) is 0 Å². The Hall–Kier alpha value is -0.570. The summed E-state index contributed by atoms with van der Waals surface area (Å²) in [4.78, 5) is 11.4. The van der Waals surface area contributed by atoms with Gasteiger partial charge in [-0.05, 0) is 25.7 Å². The van der Waals surface area contributed by atoms with E-state index in [2.05, 4.69) is 17.6 Å². The number of rotatable bonds is 3. The summed E-state index contributed by atoms with van der Waals surface area (Å²) in [5.74, 6) is 0.783. The molecule has 2 N–H and O–H groups in total. The summed E-state index contributed by atoms with van der Waals surface area (Å²) in [7, 11) is 1.69. The highest BCUT2D eigenvalue weighted by molar-refractivity contribution is 5.80. The molecular formula is C12H24N2O. The predicted octanol–water partition coefficient (Wildman–Crippen LogP) is 1.68. The molecule has 1 amide bonds. The van der Waals surface area contributed by atoms with Crippen molar-refractivity contribution in [3.8, 4) is 0 Å². The Balaban J connectivity index is 2.43. The van der Waals surface area contributed by atoms with E-state index in [1.54, 1.807) is 7.05 Å². The highest BCUT2D eigenvalue weighted by atomic mass is 16.2. The van der Waals surface area contributed by atoms with Gasteiger partial charge in [-0.1, -0.05) is 26.2 Å². The Morgan fingerprint density at radius 3 is 2.60 bits per heavy atom. The minimum atomic E-state index is -0.0689. The number of likely N-dealkylation sites (N-methyl/N-ethyl adjacent to an activating group) is 1. The molecule has 0 aromatic carbocycles. The molecule has 1 rings (SSSR count). The van der Waals surface area contributed by atoms with Gasteiger partial charge in [0.15, 0.2) is 0 Å². The summed E-state index contributed by atoms with van der Waals surface area (Å²) in [6.45, 7) is 4.23. The number of amides is 1. The predicted molar refractivity (Wildman–Crippen MR) is 62.7 cm³/mol. The smallest absolute Gasteiger partial charge is 0.236 e. The minimum Gasteiger partial charge on any atom is -0.358 e. The Bertz CT molecular complexity index is 206. The van der Waals surface area contributed by atoms with Gasteiger partial charge in [-0.15, -0.1) is 0 Å². The van der Waals surface area contributed by atoms with Crippen LogP contribution >= 0.6 is 0 Å². The fourth-order valence-corrected chi connectivity index (χ4v) is 2.35. The molecule has 1 aliphatic rings. The zero-order valence-corrected chi connectivity index (χ0v) is 10.2. The molecule has 3 heteroatoms. The first-order chi connectivity index (χ1) is 7.15. The van der Waals surface area contributed by atoms with Crippen LogP contribution in [0.4, 0.5) is 0 Å². The molecule has 0 aromatic heterocycles. The first-order valence-corrected chi connectivity index (χ1v) is 6.12. The van der Waals surface area contributed by atoms with Gasteiger partial charge < -0.3 is 10.6 Å². The van der Waals surface area contributed by atoms with Crippen LogP contribution in [-0.4, -0.2) is 25.0 Å². The topological polar surface area (TPSA) is 41.1 Å². The largest absolute Gasteiger partial charge is 0.358 e. The Kier molecular flexibility index (Phi) is 5.09. The van der Waals surface area contributed by atoms with Gasteiger partial charge in [-0.3, -0.25) is 4.79 Å². The van der Waals surface area contributed by atoms with Crippen LogP contribution in [-0.2, 0) is 4.79 Å². The number of carbonyl (C=O) groups excluding carboxylic acids is 1. The molecule has 88 valence electrons. The monoisotopic (exact) mass is 212 g/mol. The van der Waals surface area contributed by atoms with E-state index in [0.717, 1.165) is 0 Å². The van der Waals surface area contributed by atoms with Crippen LogP contribution in [0.5, 0.6) is 0 Å². The first-order valence-electron chi connectivity index (χ1n) is 6.12. The molecule has 3 atom stereocenters. The quantitative estimate of drug-likeness (QED) is 0.699. The van der Waals surface area contributed by atoms with Crippen molar-refractivity contribution < 1.29 is 4.79 Å². The Morgan fingerprint density at radius 1 is 1.27 bits per heavy atom. The molecule has 0 saturated heterocycles. The van der Waals surface area contributed by atoms with Crippen molar-refractivity contribution in [2.24, 2.45) is 5.92 Å². The molecule has 1 aliphatic carbocycles. The van der Waals surface area contributed by atoms with Crippen LogP contribution in [0, 0.1) is 5.92 Å². The second-order valence-corrected chi connectivity index (χ2v) is 4.72. The lowest BCUT2D eigenvalue weighted by atomic mass is 9.96. The van der Waals surface area contributed by atoms with Crippen LogP contribution in [0.1, 0.15) is 46.0 Å². The average molecular weight is 212 g/mol. The van der Waals surface area contributed by atoms with Gasteiger partial charge in [0.05, 0.1) is 6.04 Å². The second-order valence-electron chi connectivity index (χ2n) is 4.72. The molecule has 0 radical (unpaired) electrons. The summed E-state index contributed by atoms with van der Waals surface area (Å²) in [5, 5.41) is 6.13. The summed E-state index contributed by atoms with van der Waals surface area (Å²) < 4.78 is 0. The molecule has 1 saturated carbocycles. The molecule has 0 spiro atoms. The summed E-state index contributed by atoms with van der Waals surface area (Å²) >= 11 is 0. The Labute approximate surface area is 93.0 Å². The van der Waals surface area contributed by atoms with Crippen molar-refractivity contribution >= 4 is 5.91 Å². The fourth-order valence-electron chi connectivity index (χ4n) is 2.35. The maximum absolute atomic E-state index is 11.4. The van der Waals surface area contributed by atoms with Crippen LogP contribution in [0.3, 0.4) is 0 Å². The SMILES string of the molecule is CNC(=O)C(C)NC1CCCCCC1C. The molecule has 15 heavy (non-hydrogen) atoms. The summed E-state index contributed by atoms with van der Waals surface area (Å²) in [5.41, 5.74) is 0. The van der Waals surface area contributed by atoms with Gasteiger partial charge in [0.25, 0.3) is 0 Å². The van der Waals surface area contributed by atoms with Crippen LogP contribution in [0.25, 0.3) is 0 Å². The van der Waals surface area contributed by atoms with E-state index < -0.39 is 0 Å². The lowest BCUT2D eigenvalue weighted by molar-refractivity contribution is -0.122. The number of hydrogen-bond donors (Lipinski definition) is 2. The van der Waals surface area contributed by atoms with E-state index in [0.29, 0.717) is 12.0 Å². The minimum absolute atomic E-state index is 0.0689. The van der Waals surface area contributed by atoms with Crippen molar-refractivity contribution in [2.75, 3.05) is 7.05 Å². The third-order valence-corrected chi connectivity index (χ3v) is 3.47. The highest BCUT2D eigenvalue weighted by Gasteiger charge is 2.23. The lowest BCUT2D eigenvalue weighted by Crippen LogP contribution is -2.47. The molecular weight excluding hydrogens is 188 g/mol. The highest BCUT2D eigenvalue weighted by Crippen LogP contribution is 2.23. The normalized spacial score (nSPS) is 29.3. The van der Waals surface area contributed by atoms with Crippen LogP contribution < -0.4 is 10.6 Å². The van der Waals surface area contributed by atoms with E-state index in [9.17, 15) is 4.79 Å². The maximum Gasteiger partial charge on any atom is 0.236 e. The number of hydrogen-bond acceptors (Lipinski definition) is 2. The van der Waals surface area contributed by atoms with E-state index in [1.807, 2.05) is 6.92 Å². The zero-order valence-electron chi connectivity index (χ0n) is 10.2. The van der Waals surface area contributed by atoms with Crippen LogP contribution in [0.15, 0.2) is 0 Å². The molecule has 3 unspecified atom stereocenters. The summed E-state index contributed by atoms with van der Waals surface area (Å²) in [6, 6.07) is 0.445. The van der Waals surface area contributed by atoms with Gasteiger partial charge in [0.2, 0.25) is 5.91 Å². The zero-order chi connectivity index (χ0) is 11.3. The van der Waals surface area contributed by atoms with Crippen molar-refractivity contribution in [1.29, 1.82) is 0 Å². The van der Waals surface area contributed by atoms with Crippen LogP contribution in [0.2, 0.25) is 0 Å². The van der Waals surface area contributed by atoms with Gasteiger partial charge in [-0.25, -0.2) is 0 Å². The molecule has 0 aromatic rings. The van der Waals surface area contributed by atoms with Gasteiger partial charge >= 0.3 is 0 Å².